The fraction of sp³-hybridized carbons (Fsp3) is 0.933. The molecule has 2 saturated heterocycles. The van der Waals surface area contributed by atoms with E-state index in [0.717, 1.165) is 31.8 Å². The molecule has 0 aromatic carbocycles. The monoisotopic (exact) mass is 319 g/mol. The van der Waals surface area contributed by atoms with Crippen molar-refractivity contribution < 1.29 is 9.53 Å². The Morgan fingerprint density at radius 2 is 2.10 bits per heavy atom. The summed E-state index contributed by atoms with van der Waals surface area (Å²) in [5.41, 5.74) is 0. The smallest absolute Gasteiger partial charge is 0.222 e. The van der Waals surface area contributed by atoms with Gasteiger partial charge in [0.1, 0.15) is 0 Å². The predicted molar refractivity (Wildman–Crippen MR) is 86.9 cm³/mol. The molecule has 1 atom stereocenters. The molecule has 0 aliphatic carbocycles. The molecule has 0 radical (unpaired) electrons. The van der Waals surface area contributed by atoms with Crippen molar-refractivity contribution in [2.75, 3.05) is 46.4 Å². The Morgan fingerprint density at radius 1 is 1.33 bits per heavy atom. The normalized spacial score (nSPS) is 24.3. The Balaban J connectivity index is 0.00000220. The third-order valence-corrected chi connectivity index (χ3v) is 4.41. The van der Waals surface area contributed by atoms with Gasteiger partial charge < -0.3 is 20.3 Å². The third-order valence-electron chi connectivity index (χ3n) is 4.41. The molecule has 6 heteroatoms. The number of hydrogen-bond donors (Lipinski definition) is 2. The van der Waals surface area contributed by atoms with E-state index in [1.54, 1.807) is 7.05 Å². The van der Waals surface area contributed by atoms with Crippen LogP contribution in [-0.4, -0.2) is 63.3 Å². The van der Waals surface area contributed by atoms with E-state index >= 15 is 0 Å². The Morgan fingerprint density at radius 3 is 2.71 bits per heavy atom. The van der Waals surface area contributed by atoms with Crippen LogP contribution in [0.2, 0.25) is 0 Å². The molecular formula is C15H30ClN3O2. The zero-order valence-corrected chi connectivity index (χ0v) is 13.9. The minimum atomic E-state index is 0. The van der Waals surface area contributed by atoms with Gasteiger partial charge in [0, 0.05) is 33.1 Å². The Bertz CT molecular complexity index is 291. The zero-order chi connectivity index (χ0) is 14.2. The van der Waals surface area contributed by atoms with Gasteiger partial charge in [0.2, 0.25) is 5.91 Å². The number of hydrogen-bond acceptors (Lipinski definition) is 4. The summed E-state index contributed by atoms with van der Waals surface area (Å²) in [6, 6.07) is 0. The molecule has 0 spiro atoms. The Hall–Kier alpha value is -0.360. The van der Waals surface area contributed by atoms with Crippen LogP contribution in [0.4, 0.5) is 0 Å². The van der Waals surface area contributed by atoms with Crippen LogP contribution in [0.15, 0.2) is 0 Å². The summed E-state index contributed by atoms with van der Waals surface area (Å²) in [7, 11) is 1.67. The zero-order valence-electron chi connectivity index (χ0n) is 13.1. The lowest BCUT2D eigenvalue weighted by Gasteiger charge is -2.35. The summed E-state index contributed by atoms with van der Waals surface area (Å²) in [5.74, 6) is 0.890. The third kappa shape index (κ3) is 6.96. The number of carbonyl (C=O) groups excluding carboxylic acids is 1. The molecule has 5 nitrogen and oxygen atoms in total. The number of ether oxygens (including phenoxy) is 1. The van der Waals surface area contributed by atoms with E-state index in [4.69, 9.17) is 4.74 Å². The van der Waals surface area contributed by atoms with Crippen molar-refractivity contribution in [3.05, 3.63) is 0 Å². The molecule has 2 aliphatic heterocycles. The SMILES string of the molecule is CNC(=O)CCOC1CCN(CC2CCCNC2)CC1.Cl. The molecule has 0 bridgehead atoms. The van der Waals surface area contributed by atoms with E-state index in [2.05, 4.69) is 15.5 Å². The van der Waals surface area contributed by atoms with Crippen LogP contribution in [0.1, 0.15) is 32.1 Å². The standard InChI is InChI=1S/C15H29N3O2.ClH/c1-16-15(19)6-10-20-14-4-8-18(9-5-14)12-13-3-2-7-17-11-13;/h13-14,17H,2-12H2,1H3,(H,16,19);1H. The largest absolute Gasteiger partial charge is 0.378 e. The summed E-state index contributed by atoms with van der Waals surface area (Å²) in [4.78, 5) is 13.7. The number of nitrogens with one attached hydrogen (secondary N) is 2. The summed E-state index contributed by atoms with van der Waals surface area (Å²) in [5, 5.41) is 6.11. The van der Waals surface area contributed by atoms with Crippen LogP contribution in [0.5, 0.6) is 0 Å². The van der Waals surface area contributed by atoms with Crippen molar-refractivity contribution >= 4 is 18.3 Å². The number of carbonyl (C=O) groups is 1. The lowest BCUT2D eigenvalue weighted by molar-refractivity contribution is -0.122. The van der Waals surface area contributed by atoms with Gasteiger partial charge in [0.25, 0.3) is 0 Å². The van der Waals surface area contributed by atoms with Crippen LogP contribution in [0.3, 0.4) is 0 Å². The Kier molecular flexibility index (Phi) is 9.24. The van der Waals surface area contributed by atoms with Gasteiger partial charge in [-0.3, -0.25) is 4.79 Å². The maximum absolute atomic E-state index is 11.1. The molecule has 2 rings (SSSR count). The molecule has 0 saturated carbocycles. The van der Waals surface area contributed by atoms with Crippen molar-refractivity contribution in [2.45, 2.75) is 38.2 Å². The molecule has 1 unspecified atom stereocenters. The average Bonchev–Trinajstić information content (AvgIpc) is 2.50. The molecular weight excluding hydrogens is 290 g/mol. The first-order chi connectivity index (χ1) is 9.78. The summed E-state index contributed by atoms with van der Waals surface area (Å²) in [6.07, 6.45) is 5.73. The number of likely N-dealkylation sites (tertiary alicyclic amines) is 1. The fourth-order valence-corrected chi connectivity index (χ4v) is 3.15. The molecule has 2 aliphatic rings. The number of rotatable bonds is 6. The van der Waals surface area contributed by atoms with Gasteiger partial charge in [0.15, 0.2) is 0 Å². The average molecular weight is 320 g/mol. The van der Waals surface area contributed by atoms with Gasteiger partial charge >= 0.3 is 0 Å². The first kappa shape index (κ1) is 18.7. The van der Waals surface area contributed by atoms with Gasteiger partial charge in [0.05, 0.1) is 12.7 Å². The van der Waals surface area contributed by atoms with Crippen LogP contribution >= 0.6 is 12.4 Å². The van der Waals surface area contributed by atoms with Crippen molar-refractivity contribution in [2.24, 2.45) is 5.92 Å². The van der Waals surface area contributed by atoms with E-state index in [0.29, 0.717) is 19.1 Å². The number of nitrogens with zero attached hydrogens (tertiary/aromatic N) is 1. The van der Waals surface area contributed by atoms with Crippen molar-refractivity contribution in [1.29, 1.82) is 0 Å². The second-order valence-electron chi connectivity index (χ2n) is 6.01. The summed E-state index contributed by atoms with van der Waals surface area (Å²) >= 11 is 0. The predicted octanol–water partition coefficient (Wildman–Crippen LogP) is 1.02. The lowest BCUT2D eigenvalue weighted by atomic mass is 9.97. The van der Waals surface area contributed by atoms with E-state index in [9.17, 15) is 4.79 Å². The lowest BCUT2D eigenvalue weighted by Crippen LogP contribution is -2.43. The molecule has 2 heterocycles. The van der Waals surface area contributed by atoms with Gasteiger partial charge in [-0.15, -0.1) is 12.4 Å². The first-order valence-electron chi connectivity index (χ1n) is 8.03. The number of halogens is 1. The van der Waals surface area contributed by atoms with Crippen molar-refractivity contribution in [1.82, 2.24) is 15.5 Å². The quantitative estimate of drug-likeness (QED) is 0.767. The summed E-state index contributed by atoms with van der Waals surface area (Å²) in [6.45, 7) is 6.44. The highest BCUT2D eigenvalue weighted by Crippen LogP contribution is 2.18. The van der Waals surface area contributed by atoms with E-state index in [1.165, 1.54) is 32.5 Å². The van der Waals surface area contributed by atoms with Crippen molar-refractivity contribution in [3.8, 4) is 0 Å². The second kappa shape index (κ2) is 10.4. The van der Waals surface area contributed by atoms with Crippen LogP contribution in [-0.2, 0) is 9.53 Å². The highest BCUT2D eigenvalue weighted by Gasteiger charge is 2.23. The highest BCUT2D eigenvalue weighted by atomic mass is 35.5. The fourth-order valence-electron chi connectivity index (χ4n) is 3.15. The van der Waals surface area contributed by atoms with Crippen LogP contribution in [0, 0.1) is 5.92 Å². The van der Waals surface area contributed by atoms with Gasteiger partial charge in [-0.25, -0.2) is 0 Å². The van der Waals surface area contributed by atoms with Gasteiger partial charge in [-0.2, -0.15) is 0 Å². The minimum absolute atomic E-state index is 0. The molecule has 1 amide bonds. The molecule has 0 aromatic heterocycles. The van der Waals surface area contributed by atoms with E-state index < -0.39 is 0 Å². The topological polar surface area (TPSA) is 53.6 Å². The minimum Gasteiger partial charge on any atom is -0.378 e. The van der Waals surface area contributed by atoms with Crippen molar-refractivity contribution in [3.63, 3.8) is 0 Å². The molecule has 2 N–H and O–H groups in total. The maximum atomic E-state index is 11.1. The molecule has 0 aromatic rings. The first-order valence-corrected chi connectivity index (χ1v) is 8.03. The highest BCUT2D eigenvalue weighted by molar-refractivity contribution is 5.85. The molecule has 124 valence electrons. The molecule has 21 heavy (non-hydrogen) atoms. The molecule has 2 fully saturated rings. The van der Waals surface area contributed by atoms with E-state index in [-0.39, 0.29) is 18.3 Å². The second-order valence-corrected chi connectivity index (χ2v) is 6.01. The van der Waals surface area contributed by atoms with Crippen LogP contribution < -0.4 is 10.6 Å². The van der Waals surface area contributed by atoms with E-state index in [1.807, 2.05) is 0 Å². The number of piperidine rings is 2. The van der Waals surface area contributed by atoms with Crippen LogP contribution in [0.25, 0.3) is 0 Å². The Labute approximate surface area is 134 Å². The van der Waals surface area contributed by atoms with Gasteiger partial charge in [-0.05, 0) is 44.7 Å². The number of amides is 1. The summed E-state index contributed by atoms with van der Waals surface area (Å²) < 4.78 is 5.79. The van der Waals surface area contributed by atoms with Gasteiger partial charge in [-0.1, -0.05) is 0 Å². The maximum Gasteiger partial charge on any atom is 0.222 e.